The van der Waals surface area contributed by atoms with Crippen LogP contribution < -0.4 is 10.1 Å². The van der Waals surface area contributed by atoms with Gasteiger partial charge in [-0.15, -0.1) is 10.2 Å². The number of amides is 1. The monoisotopic (exact) mass is 351 g/mol. The molecule has 1 aliphatic rings. The van der Waals surface area contributed by atoms with Crippen molar-refractivity contribution >= 4 is 11.7 Å². The number of aryl methyl sites for hydroxylation is 2. The highest BCUT2D eigenvalue weighted by atomic mass is 16.5. The highest BCUT2D eigenvalue weighted by molar-refractivity contribution is 5.91. The van der Waals surface area contributed by atoms with Gasteiger partial charge >= 0.3 is 0 Å². The largest absolute Gasteiger partial charge is 0.487 e. The van der Waals surface area contributed by atoms with Gasteiger partial charge in [-0.1, -0.05) is 12.1 Å². The summed E-state index contributed by atoms with van der Waals surface area (Å²) in [6.07, 6.45) is 0.864. The van der Waals surface area contributed by atoms with E-state index >= 15 is 0 Å². The molecular weight excluding hydrogens is 330 g/mol. The summed E-state index contributed by atoms with van der Waals surface area (Å²) in [6.45, 7) is 8.36. The van der Waals surface area contributed by atoms with Crippen molar-refractivity contribution in [1.82, 2.24) is 24.9 Å². The van der Waals surface area contributed by atoms with Crippen LogP contribution in [0.5, 0.6) is 5.75 Å². The van der Waals surface area contributed by atoms with Crippen molar-refractivity contribution in [2.24, 2.45) is 0 Å². The van der Waals surface area contributed by atoms with Crippen molar-refractivity contribution in [1.29, 1.82) is 0 Å². The number of fused-ring (bicyclic) bond motifs is 2. The van der Waals surface area contributed by atoms with Crippen LogP contribution in [0, 0.1) is 13.8 Å². The van der Waals surface area contributed by atoms with Gasteiger partial charge in [0.2, 0.25) is 5.82 Å². The molecule has 0 saturated heterocycles. The molecule has 2 aromatic heterocycles. The van der Waals surface area contributed by atoms with Crippen molar-refractivity contribution in [2.75, 3.05) is 0 Å². The van der Waals surface area contributed by atoms with E-state index in [0.717, 1.165) is 29.1 Å². The third-order valence-electron chi connectivity index (χ3n) is 4.48. The Morgan fingerprint density at radius 3 is 2.88 bits per heavy atom. The quantitative estimate of drug-likeness (QED) is 0.783. The predicted molar refractivity (Wildman–Crippen MR) is 96.3 cm³/mol. The molecule has 7 heteroatoms. The minimum atomic E-state index is -0.275. The number of ether oxygens (including phenoxy) is 1. The highest BCUT2D eigenvalue weighted by Crippen LogP contribution is 2.35. The number of nitrogens with one attached hydrogen (secondary N) is 1. The molecule has 0 bridgehead atoms. The molecular formula is C19H21N5O2. The summed E-state index contributed by atoms with van der Waals surface area (Å²) >= 11 is 0. The van der Waals surface area contributed by atoms with Crippen LogP contribution in [0.1, 0.15) is 47.0 Å². The molecule has 3 heterocycles. The van der Waals surface area contributed by atoms with E-state index in [9.17, 15) is 4.79 Å². The van der Waals surface area contributed by atoms with E-state index in [0.29, 0.717) is 12.3 Å². The molecule has 4 rings (SSSR count). The van der Waals surface area contributed by atoms with Crippen LogP contribution in [0.3, 0.4) is 0 Å². The van der Waals surface area contributed by atoms with E-state index < -0.39 is 0 Å². The van der Waals surface area contributed by atoms with E-state index in [-0.39, 0.29) is 17.3 Å². The van der Waals surface area contributed by atoms with Crippen molar-refractivity contribution in [3.63, 3.8) is 0 Å². The Hall–Kier alpha value is -2.96. The van der Waals surface area contributed by atoms with Crippen molar-refractivity contribution in [3.8, 4) is 5.75 Å². The molecule has 0 saturated carbocycles. The number of aromatic nitrogens is 4. The molecule has 3 aromatic rings. The smallest absolute Gasteiger partial charge is 0.289 e. The van der Waals surface area contributed by atoms with Crippen LogP contribution >= 0.6 is 0 Å². The van der Waals surface area contributed by atoms with Gasteiger partial charge in [-0.2, -0.15) is 0 Å². The van der Waals surface area contributed by atoms with Gasteiger partial charge in [0.25, 0.3) is 11.7 Å². The second kappa shape index (κ2) is 5.79. The molecule has 1 aromatic carbocycles. The normalized spacial score (nSPS) is 14.9. The van der Waals surface area contributed by atoms with Crippen LogP contribution in [-0.4, -0.2) is 31.1 Å². The number of hydrogen-bond donors (Lipinski definition) is 1. The summed E-state index contributed by atoms with van der Waals surface area (Å²) < 4.78 is 7.56. The molecule has 0 aliphatic carbocycles. The van der Waals surface area contributed by atoms with E-state index in [1.165, 1.54) is 5.56 Å². The fraction of sp³-hybridized carbons (Fsp3) is 0.368. The Bertz CT molecular complexity index is 1020. The first-order valence-corrected chi connectivity index (χ1v) is 8.61. The average molecular weight is 351 g/mol. The Morgan fingerprint density at radius 1 is 1.27 bits per heavy atom. The zero-order valence-corrected chi connectivity index (χ0v) is 15.3. The lowest BCUT2D eigenvalue weighted by Gasteiger charge is -2.16. The summed E-state index contributed by atoms with van der Waals surface area (Å²) in [4.78, 5) is 16.9. The van der Waals surface area contributed by atoms with Crippen molar-refractivity contribution in [2.45, 2.75) is 46.3 Å². The number of rotatable bonds is 3. The summed E-state index contributed by atoms with van der Waals surface area (Å²) in [5.41, 5.74) is 3.74. The minimum absolute atomic E-state index is 0.173. The Morgan fingerprint density at radius 2 is 2.08 bits per heavy atom. The topological polar surface area (TPSA) is 81.4 Å². The maximum absolute atomic E-state index is 12.6. The number of carbonyl (C=O) groups is 1. The lowest BCUT2D eigenvalue weighted by atomic mass is 10.0. The highest BCUT2D eigenvalue weighted by Gasteiger charge is 2.29. The van der Waals surface area contributed by atoms with Crippen molar-refractivity contribution in [3.05, 3.63) is 52.6 Å². The van der Waals surface area contributed by atoms with Gasteiger partial charge in [-0.05, 0) is 51.0 Å². The summed E-state index contributed by atoms with van der Waals surface area (Å²) in [5.74, 6) is 1.33. The summed E-state index contributed by atoms with van der Waals surface area (Å²) in [6, 6.07) is 7.92. The van der Waals surface area contributed by atoms with Gasteiger partial charge in [0.05, 0.1) is 0 Å². The van der Waals surface area contributed by atoms with E-state index in [1.807, 2.05) is 32.0 Å². The van der Waals surface area contributed by atoms with Crippen molar-refractivity contribution < 1.29 is 9.53 Å². The SMILES string of the molecule is Cc1cc(C)n2c(C(=O)NCc3ccc4c(c3)CC(C)(C)O4)nnc2n1. The third-order valence-corrected chi connectivity index (χ3v) is 4.48. The van der Waals surface area contributed by atoms with Gasteiger partial charge in [-0.25, -0.2) is 4.98 Å². The fourth-order valence-electron chi connectivity index (χ4n) is 3.41. The Kier molecular flexibility index (Phi) is 3.68. The molecule has 134 valence electrons. The second-order valence-corrected chi connectivity index (χ2v) is 7.36. The van der Waals surface area contributed by atoms with Crippen LogP contribution in [0.25, 0.3) is 5.78 Å². The number of nitrogens with zero attached hydrogens (tertiary/aromatic N) is 4. The number of benzene rings is 1. The predicted octanol–water partition coefficient (Wildman–Crippen LogP) is 2.38. The molecule has 7 nitrogen and oxygen atoms in total. The fourth-order valence-corrected chi connectivity index (χ4v) is 3.41. The standard InChI is InChI=1S/C19H21N5O2/c1-11-7-12(2)24-16(22-23-18(24)21-11)17(25)20-10-13-5-6-15-14(8-13)9-19(3,4)26-15/h5-8H,9-10H2,1-4H3,(H,20,25). The van der Waals surface area contributed by atoms with Crippen LogP contribution in [0.15, 0.2) is 24.3 Å². The third kappa shape index (κ3) is 2.89. The zero-order chi connectivity index (χ0) is 18.5. The molecule has 0 atom stereocenters. The molecule has 26 heavy (non-hydrogen) atoms. The van der Waals surface area contributed by atoms with E-state index in [2.05, 4.69) is 40.4 Å². The summed E-state index contributed by atoms with van der Waals surface area (Å²) in [7, 11) is 0. The van der Waals surface area contributed by atoms with Gasteiger partial charge < -0.3 is 10.1 Å². The maximum Gasteiger partial charge on any atom is 0.289 e. The summed E-state index contributed by atoms with van der Waals surface area (Å²) in [5, 5.41) is 10.9. The first-order valence-electron chi connectivity index (χ1n) is 8.61. The molecule has 0 unspecified atom stereocenters. The van der Waals surface area contributed by atoms with E-state index in [1.54, 1.807) is 4.40 Å². The van der Waals surface area contributed by atoms with Crippen LogP contribution in [0.2, 0.25) is 0 Å². The lowest BCUT2D eigenvalue weighted by Crippen LogP contribution is -2.25. The van der Waals surface area contributed by atoms with Gasteiger partial charge in [0, 0.05) is 24.4 Å². The number of hydrogen-bond acceptors (Lipinski definition) is 5. The molecule has 0 fully saturated rings. The van der Waals surface area contributed by atoms with Crippen LogP contribution in [-0.2, 0) is 13.0 Å². The zero-order valence-electron chi connectivity index (χ0n) is 15.3. The maximum atomic E-state index is 12.6. The van der Waals surface area contributed by atoms with Gasteiger partial charge in [0.1, 0.15) is 11.4 Å². The molecule has 0 radical (unpaired) electrons. The Balaban J connectivity index is 1.52. The first-order chi connectivity index (χ1) is 12.3. The first kappa shape index (κ1) is 16.5. The molecule has 1 amide bonds. The lowest BCUT2D eigenvalue weighted by molar-refractivity contribution is 0.0939. The Labute approximate surface area is 151 Å². The minimum Gasteiger partial charge on any atom is -0.487 e. The van der Waals surface area contributed by atoms with Gasteiger partial charge in [0.15, 0.2) is 0 Å². The average Bonchev–Trinajstić information content (AvgIpc) is 3.11. The molecule has 0 spiro atoms. The molecule has 1 aliphatic heterocycles. The van der Waals surface area contributed by atoms with Crippen LogP contribution in [0.4, 0.5) is 0 Å². The number of carbonyl (C=O) groups excluding carboxylic acids is 1. The van der Waals surface area contributed by atoms with Gasteiger partial charge in [-0.3, -0.25) is 9.20 Å². The van der Waals surface area contributed by atoms with E-state index in [4.69, 9.17) is 4.74 Å². The molecule has 1 N–H and O–H groups in total. The second-order valence-electron chi connectivity index (χ2n) is 7.36.